The first-order valence-electron chi connectivity index (χ1n) is 10.0. The molecule has 29 heavy (non-hydrogen) atoms. The van der Waals surface area contributed by atoms with Gasteiger partial charge in [0.15, 0.2) is 0 Å². The number of hydrogen-bond acceptors (Lipinski definition) is 5. The van der Waals surface area contributed by atoms with Gasteiger partial charge in [0.2, 0.25) is 0 Å². The van der Waals surface area contributed by atoms with Gasteiger partial charge in [0, 0.05) is 52.2 Å². The van der Waals surface area contributed by atoms with E-state index in [4.69, 9.17) is 11.1 Å². The summed E-state index contributed by atoms with van der Waals surface area (Å²) in [6, 6.07) is 3.79. The van der Waals surface area contributed by atoms with Gasteiger partial charge in [-0.1, -0.05) is 6.08 Å². The molecule has 6 heteroatoms. The lowest BCUT2D eigenvalue weighted by Crippen LogP contribution is -2.62. The van der Waals surface area contributed by atoms with Gasteiger partial charge in [0.05, 0.1) is 0 Å². The lowest BCUT2D eigenvalue weighted by atomic mass is 9.79. The molecule has 0 unspecified atom stereocenters. The van der Waals surface area contributed by atoms with Crippen LogP contribution in [0.15, 0.2) is 36.6 Å². The molecule has 0 aromatic heterocycles. The first-order chi connectivity index (χ1) is 13.5. The number of aromatic hydroxyl groups is 1. The summed E-state index contributed by atoms with van der Waals surface area (Å²) >= 11 is 0. The maximum atomic E-state index is 10.4. The second kappa shape index (κ2) is 7.59. The van der Waals surface area contributed by atoms with Crippen LogP contribution in [0.2, 0.25) is 0 Å². The van der Waals surface area contributed by atoms with Crippen molar-refractivity contribution < 1.29 is 5.11 Å². The van der Waals surface area contributed by atoms with Crippen LogP contribution in [0.4, 0.5) is 5.69 Å². The maximum Gasteiger partial charge on any atom is 0.125 e. The van der Waals surface area contributed by atoms with Gasteiger partial charge in [-0.2, -0.15) is 0 Å². The molecule has 6 nitrogen and oxygen atoms in total. The van der Waals surface area contributed by atoms with Crippen LogP contribution in [0.1, 0.15) is 40.5 Å². The Kier molecular flexibility index (Phi) is 5.50. The fraction of sp³-hybridized carbons (Fsp3) is 0.435. The van der Waals surface area contributed by atoms with Crippen molar-refractivity contribution in [2.45, 2.75) is 57.7 Å². The van der Waals surface area contributed by atoms with E-state index in [9.17, 15) is 5.11 Å². The highest BCUT2D eigenvalue weighted by Crippen LogP contribution is 2.31. The fourth-order valence-corrected chi connectivity index (χ4v) is 4.50. The lowest BCUT2D eigenvalue weighted by Gasteiger charge is -2.49. The van der Waals surface area contributed by atoms with Crippen molar-refractivity contribution in [3.05, 3.63) is 47.0 Å². The fourth-order valence-electron chi connectivity index (χ4n) is 4.50. The van der Waals surface area contributed by atoms with Gasteiger partial charge in [-0.25, -0.2) is 0 Å². The molecule has 6 N–H and O–H groups in total. The number of phenolic OH excluding ortho intramolecular Hbond substituents is 1. The average molecular weight is 396 g/mol. The van der Waals surface area contributed by atoms with E-state index in [1.807, 2.05) is 36.4 Å². The van der Waals surface area contributed by atoms with Crippen LogP contribution < -0.4 is 26.8 Å². The van der Waals surface area contributed by atoms with Crippen molar-refractivity contribution in [2.75, 3.05) is 12.4 Å². The number of nitrogens with one attached hydrogen (secondary N) is 3. The van der Waals surface area contributed by atoms with Gasteiger partial charge in [0.1, 0.15) is 11.6 Å². The number of benzene rings is 1. The monoisotopic (exact) mass is 395 g/mol. The van der Waals surface area contributed by atoms with Crippen LogP contribution in [0.5, 0.6) is 5.75 Å². The largest absolute Gasteiger partial charge is 0.507 e. The summed E-state index contributed by atoms with van der Waals surface area (Å²) in [6.45, 7) is 8.83. The molecule has 0 amide bonds. The average Bonchev–Trinajstić information content (AvgIpc) is 2.62. The van der Waals surface area contributed by atoms with Crippen molar-refractivity contribution in [3.63, 3.8) is 0 Å². The minimum absolute atomic E-state index is 0.0171. The van der Waals surface area contributed by atoms with E-state index < -0.39 is 0 Å². The molecule has 2 aliphatic rings. The number of nitrogens with two attached hydrogens (primary N) is 1. The quantitative estimate of drug-likeness (QED) is 0.306. The number of nitrogens with zero attached hydrogens (tertiary/aromatic N) is 1. The standard InChI is InChI=1S/C23H33N5O/c1-22(2)13-16(14-23(3,4)27-22)28(5)21(25)9-8-18(24)17-12-19-15(11-20(17)29)7-6-10-26-19/h6-12,16,25-27,29H,13-14,24H2,1-5H3. The van der Waals surface area contributed by atoms with E-state index in [0.29, 0.717) is 16.8 Å². The summed E-state index contributed by atoms with van der Waals surface area (Å²) in [5.74, 6) is 0.527. The van der Waals surface area contributed by atoms with Crippen molar-refractivity contribution in [1.82, 2.24) is 10.2 Å². The van der Waals surface area contributed by atoms with Crippen molar-refractivity contribution in [1.29, 1.82) is 5.41 Å². The van der Waals surface area contributed by atoms with E-state index >= 15 is 0 Å². The number of rotatable bonds is 3. The molecule has 2 aliphatic heterocycles. The number of phenols is 1. The molecule has 156 valence electrons. The molecule has 1 fully saturated rings. The minimum atomic E-state index is 0.0171. The second-order valence-electron chi connectivity index (χ2n) is 9.37. The topological polar surface area (TPSA) is 97.4 Å². The van der Waals surface area contributed by atoms with Crippen molar-refractivity contribution in [2.24, 2.45) is 5.73 Å². The Morgan fingerprint density at radius 1 is 1.21 bits per heavy atom. The maximum absolute atomic E-state index is 10.4. The zero-order chi connectivity index (χ0) is 21.4. The van der Waals surface area contributed by atoms with E-state index in [-0.39, 0.29) is 22.9 Å². The second-order valence-corrected chi connectivity index (χ2v) is 9.37. The SMILES string of the molecule is CN(C(=N)C=CC(N)=c1cc2c(cc1O)=CC=CN2)C1CC(C)(C)NC(C)(C)C1. The molecule has 0 aliphatic carbocycles. The molecule has 0 bridgehead atoms. The summed E-state index contributed by atoms with van der Waals surface area (Å²) in [4.78, 5) is 2.02. The van der Waals surface area contributed by atoms with E-state index in [1.54, 1.807) is 18.2 Å². The Hall–Kier alpha value is -2.73. The third-order valence-electron chi connectivity index (χ3n) is 5.61. The van der Waals surface area contributed by atoms with E-state index in [0.717, 1.165) is 23.7 Å². The van der Waals surface area contributed by atoms with Gasteiger partial charge in [0.25, 0.3) is 0 Å². The van der Waals surface area contributed by atoms with Gasteiger partial charge >= 0.3 is 0 Å². The molecular formula is C23H33N5O. The van der Waals surface area contributed by atoms with Crippen LogP contribution in [-0.4, -0.2) is 40.0 Å². The number of allylic oxidation sites excluding steroid dienone is 1. The normalized spacial score (nSPS) is 21.1. The summed E-state index contributed by atoms with van der Waals surface area (Å²) in [5, 5.41) is 27.2. The minimum Gasteiger partial charge on any atom is -0.507 e. The van der Waals surface area contributed by atoms with E-state index in [1.165, 1.54) is 0 Å². The first kappa shape index (κ1) is 21.0. The Bertz CT molecular complexity index is 971. The molecule has 0 spiro atoms. The zero-order valence-electron chi connectivity index (χ0n) is 18.0. The molecule has 3 rings (SSSR count). The number of likely N-dealkylation sites (N-methyl/N-ethyl adjacent to an activating group) is 1. The number of fused-ring (bicyclic) bond motifs is 1. The van der Waals surface area contributed by atoms with Crippen molar-refractivity contribution in [3.8, 4) is 5.75 Å². The van der Waals surface area contributed by atoms with Crippen LogP contribution >= 0.6 is 0 Å². The Morgan fingerprint density at radius 3 is 2.52 bits per heavy atom. The molecule has 2 heterocycles. The Morgan fingerprint density at radius 2 is 1.86 bits per heavy atom. The molecule has 0 radical (unpaired) electrons. The smallest absolute Gasteiger partial charge is 0.125 e. The Balaban J connectivity index is 1.81. The lowest BCUT2D eigenvalue weighted by molar-refractivity contribution is 0.114. The molecule has 1 aromatic carbocycles. The van der Waals surface area contributed by atoms with Gasteiger partial charge < -0.3 is 26.4 Å². The summed E-state index contributed by atoms with van der Waals surface area (Å²) in [6.07, 6.45) is 11.0. The van der Waals surface area contributed by atoms with Crippen LogP contribution in [0.25, 0.3) is 11.8 Å². The van der Waals surface area contributed by atoms with E-state index in [2.05, 4.69) is 38.3 Å². The highest BCUT2D eigenvalue weighted by Gasteiger charge is 2.39. The third-order valence-corrected chi connectivity index (χ3v) is 5.61. The van der Waals surface area contributed by atoms with Crippen molar-refractivity contribution >= 4 is 23.3 Å². The summed E-state index contributed by atoms with van der Waals surface area (Å²) < 4.78 is 0. The number of amidine groups is 1. The molecular weight excluding hydrogens is 362 g/mol. The van der Waals surface area contributed by atoms with Gasteiger partial charge in [-0.3, -0.25) is 5.41 Å². The number of piperidine rings is 1. The van der Waals surface area contributed by atoms with Crippen LogP contribution in [0, 0.1) is 5.41 Å². The van der Waals surface area contributed by atoms with Gasteiger partial charge in [-0.05, 0) is 70.9 Å². The van der Waals surface area contributed by atoms with Crippen LogP contribution in [0.3, 0.4) is 0 Å². The first-order valence-corrected chi connectivity index (χ1v) is 10.0. The Labute approximate surface area is 173 Å². The number of hydrogen-bond donors (Lipinski definition) is 5. The molecule has 0 atom stereocenters. The van der Waals surface area contributed by atoms with Gasteiger partial charge in [-0.15, -0.1) is 0 Å². The summed E-state index contributed by atoms with van der Waals surface area (Å²) in [5.41, 5.74) is 7.58. The molecule has 0 saturated carbocycles. The highest BCUT2D eigenvalue weighted by molar-refractivity contribution is 5.92. The highest BCUT2D eigenvalue weighted by atomic mass is 16.3. The molecule has 1 aromatic rings. The third kappa shape index (κ3) is 4.82. The van der Waals surface area contributed by atoms with Crippen LogP contribution in [-0.2, 0) is 0 Å². The predicted molar refractivity (Wildman–Crippen MR) is 121 cm³/mol. The predicted octanol–water partition coefficient (Wildman–Crippen LogP) is 1.95. The summed E-state index contributed by atoms with van der Waals surface area (Å²) in [7, 11) is 1.97. The zero-order valence-corrected chi connectivity index (χ0v) is 18.0. The number of anilines is 1. The molecule has 1 saturated heterocycles.